The predicted molar refractivity (Wildman–Crippen MR) is 113 cm³/mol. The second kappa shape index (κ2) is 8.36. The number of benzene rings is 4. The molecule has 4 aromatic rings. The first-order valence-corrected chi connectivity index (χ1v) is 9.26. The van der Waals surface area contributed by atoms with E-state index in [-0.39, 0.29) is 5.78 Å². The lowest BCUT2D eigenvalue weighted by atomic mass is 10.0. The van der Waals surface area contributed by atoms with E-state index in [0.717, 1.165) is 16.9 Å². The molecule has 0 aliphatic heterocycles. The molecule has 0 aliphatic carbocycles. The smallest absolute Gasteiger partial charge is 0.193 e. The summed E-state index contributed by atoms with van der Waals surface area (Å²) in [6, 6.07) is 35.3. The molecule has 0 fully saturated rings. The first-order valence-electron chi connectivity index (χ1n) is 9.26. The van der Waals surface area contributed by atoms with Gasteiger partial charge in [0.05, 0.1) is 0 Å². The van der Waals surface area contributed by atoms with E-state index in [2.05, 4.69) is 24.3 Å². The molecule has 28 heavy (non-hydrogen) atoms. The maximum absolute atomic E-state index is 12.5. The fourth-order valence-electron chi connectivity index (χ4n) is 3.05. The van der Waals surface area contributed by atoms with Gasteiger partial charge in [-0.25, -0.2) is 0 Å². The number of carbonyl (C=O) groups is 1. The molecule has 0 amide bonds. The molecule has 0 saturated heterocycles. The van der Waals surface area contributed by atoms with E-state index in [1.807, 2.05) is 84.9 Å². The number of hydrogen-bond acceptors (Lipinski definition) is 2. The highest BCUT2D eigenvalue weighted by Gasteiger charge is 2.08. The third-order valence-corrected chi connectivity index (χ3v) is 4.62. The largest absolute Gasteiger partial charge is 0.489 e. The van der Waals surface area contributed by atoms with Crippen molar-refractivity contribution in [1.82, 2.24) is 0 Å². The first-order chi connectivity index (χ1) is 13.8. The molecule has 4 aromatic carbocycles. The van der Waals surface area contributed by atoms with Crippen molar-refractivity contribution in [3.8, 4) is 16.9 Å². The van der Waals surface area contributed by atoms with Crippen LogP contribution in [-0.4, -0.2) is 5.78 Å². The van der Waals surface area contributed by atoms with Crippen LogP contribution in [0.4, 0.5) is 0 Å². The fraction of sp³-hybridized carbons (Fsp3) is 0.0385. The average molecular weight is 364 g/mol. The molecule has 2 nitrogen and oxygen atoms in total. The van der Waals surface area contributed by atoms with Crippen LogP contribution in [0.1, 0.15) is 21.5 Å². The summed E-state index contributed by atoms with van der Waals surface area (Å²) in [5.74, 6) is 0.855. The maximum Gasteiger partial charge on any atom is 0.193 e. The van der Waals surface area contributed by atoms with Crippen molar-refractivity contribution in [3.63, 3.8) is 0 Å². The minimum atomic E-state index is 0.0320. The van der Waals surface area contributed by atoms with Gasteiger partial charge in [-0.3, -0.25) is 4.79 Å². The van der Waals surface area contributed by atoms with E-state index >= 15 is 0 Å². The molecule has 0 unspecified atom stereocenters. The zero-order chi connectivity index (χ0) is 19.2. The topological polar surface area (TPSA) is 26.3 Å². The molecule has 0 atom stereocenters. The Balaban J connectivity index is 1.38. The molecule has 0 N–H and O–H groups in total. The van der Waals surface area contributed by atoms with E-state index in [0.29, 0.717) is 17.7 Å². The van der Waals surface area contributed by atoms with Crippen LogP contribution in [0.15, 0.2) is 109 Å². The summed E-state index contributed by atoms with van der Waals surface area (Å²) in [4.78, 5) is 12.5. The Morgan fingerprint density at radius 2 is 1.11 bits per heavy atom. The summed E-state index contributed by atoms with van der Waals surface area (Å²) in [5, 5.41) is 0. The molecule has 0 radical (unpaired) electrons. The van der Waals surface area contributed by atoms with Gasteiger partial charge in [0.15, 0.2) is 5.78 Å². The van der Waals surface area contributed by atoms with Crippen molar-refractivity contribution >= 4 is 5.78 Å². The minimum absolute atomic E-state index is 0.0320. The number of ether oxygens (including phenoxy) is 1. The highest BCUT2D eigenvalue weighted by Crippen LogP contribution is 2.22. The summed E-state index contributed by atoms with van der Waals surface area (Å²) < 4.78 is 5.88. The highest BCUT2D eigenvalue weighted by molar-refractivity contribution is 6.08. The number of rotatable bonds is 6. The molecular formula is C26H20O2. The Morgan fingerprint density at radius 1 is 0.571 bits per heavy atom. The van der Waals surface area contributed by atoms with Crippen molar-refractivity contribution in [3.05, 3.63) is 126 Å². The Hall–Kier alpha value is -3.65. The van der Waals surface area contributed by atoms with Crippen molar-refractivity contribution in [1.29, 1.82) is 0 Å². The summed E-state index contributed by atoms with van der Waals surface area (Å²) in [7, 11) is 0. The van der Waals surface area contributed by atoms with Gasteiger partial charge in [0.25, 0.3) is 0 Å². The quantitative estimate of drug-likeness (QED) is 0.383. The molecule has 0 spiro atoms. The van der Waals surface area contributed by atoms with E-state index < -0.39 is 0 Å². The zero-order valence-corrected chi connectivity index (χ0v) is 15.4. The summed E-state index contributed by atoms with van der Waals surface area (Å²) in [6.07, 6.45) is 0. The van der Waals surface area contributed by atoms with Crippen LogP contribution in [0.3, 0.4) is 0 Å². The molecule has 0 saturated carbocycles. The van der Waals surface area contributed by atoms with Crippen LogP contribution in [0, 0.1) is 0 Å². The van der Waals surface area contributed by atoms with Gasteiger partial charge in [-0.2, -0.15) is 0 Å². The van der Waals surface area contributed by atoms with Crippen molar-refractivity contribution in [2.45, 2.75) is 6.61 Å². The minimum Gasteiger partial charge on any atom is -0.489 e. The maximum atomic E-state index is 12.5. The van der Waals surface area contributed by atoms with Crippen LogP contribution in [0.25, 0.3) is 11.1 Å². The molecular weight excluding hydrogens is 344 g/mol. The standard InChI is InChI=1S/C26H20O2/c27-26(23-9-5-2-6-10-23)24-13-11-20(12-14-24)19-28-25-17-15-22(16-18-25)21-7-3-1-4-8-21/h1-18H,19H2. The highest BCUT2D eigenvalue weighted by atomic mass is 16.5. The predicted octanol–water partition coefficient (Wildman–Crippen LogP) is 6.16. The lowest BCUT2D eigenvalue weighted by Crippen LogP contribution is -2.02. The lowest BCUT2D eigenvalue weighted by Gasteiger charge is -2.08. The van der Waals surface area contributed by atoms with Crippen LogP contribution in [0.2, 0.25) is 0 Å². The van der Waals surface area contributed by atoms with E-state index in [4.69, 9.17) is 4.74 Å². The SMILES string of the molecule is O=C(c1ccccc1)c1ccc(COc2ccc(-c3ccccc3)cc2)cc1. The summed E-state index contributed by atoms with van der Waals surface area (Å²) >= 11 is 0. The number of hydrogen-bond donors (Lipinski definition) is 0. The van der Waals surface area contributed by atoms with E-state index in [1.165, 1.54) is 5.56 Å². The van der Waals surface area contributed by atoms with Gasteiger partial charge in [-0.1, -0.05) is 97.1 Å². The third kappa shape index (κ3) is 4.18. The third-order valence-electron chi connectivity index (χ3n) is 4.62. The molecule has 136 valence electrons. The first kappa shape index (κ1) is 17.7. The second-order valence-corrected chi connectivity index (χ2v) is 6.57. The summed E-state index contributed by atoms with van der Waals surface area (Å²) in [5.41, 5.74) is 4.76. The molecule has 0 aliphatic rings. The van der Waals surface area contributed by atoms with Crippen molar-refractivity contribution in [2.24, 2.45) is 0 Å². The molecule has 0 aromatic heterocycles. The van der Waals surface area contributed by atoms with Crippen molar-refractivity contribution in [2.75, 3.05) is 0 Å². The summed E-state index contributed by atoms with van der Waals surface area (Å²) in [6.45, 7) is 0.463. The fourth-order valence-corrected chi connectivity index (χ4v) is 3.05. The monoisotopic (exact) mass is 364 g/mol. The van der Waals surface area contributed by atoms with Gasteiger partial charge in [0.2, 0.25) is 0 Å². The van der Waals surface area contributed by atoms with Gasteiger partial charge in [0, 0.05) is 11.1 Å². The number of ketones is 1. The van der Waals surface area contributed by atoms with Crippen LogP contribution >= 0.6 is 0 Å². The van der Waals surface area contributed by atoms with Crippen LogP contribution in [0.5, 0.6) is 5.75 Å². The Kier molecular flexibility index (Phi) is 5.30. The van der Waals surface area contributed by atoms with Crippen LogP contribution < -0.4 is 4.74 Å². The number of carbonyl (C=O) groups excluding carboxylic acids is 1. The zero-order valence-electron chi connectivity index (χ0n) is 15.4. The Morgan fingerprint density at radius 3 is 1.75 bits per heavy atom. The van der Waals surface area contributed by atoms with Gasteiger partial charge in [-0.15, -0.1) is 0 Å². The van der Waals surface area contributed by atoms with E-state index in [1.54, 1.807) is 0 Å². The Bertz CT molecular complexity index is 1040. The van der Waals surface area contributed by atoms with Gasteiger partial charge in [0.1, 0.15) is 12.4 Å². The molecule has 0 bridgehead atoms. The molecule has 0 heterocycles. The molecule has 4 rings (SSSR count). The van der Waals surface area contributed by atoms with Gasteiger partial charge in [-0.05, 0) is 28.8 Å². The normalized spacial score (nSPS) is 10.4. The lowest BCUT2D eigenvalue weighted by molar-refractivity contribution is 0.103. The molecule has 2 heteroatoms. The van der Waals surface area contributed by atoms with Gasteiger partial charge < -0.3 is 4.74 Å². The second-order valence-electron chi connectivity index (χ2n) is 6.57. The van der Waals surface area contributed by atoms with E-state index in [9.17, 15) is 4.79 Å². The average Bonchev–Trinajstić information content (AvgIpc) is 2.79. The van der Waals surface area contributed by atoms with Crippen LogP contribution in [-0.2, 0) is 6.61 Å². The van der Waals surface area contributed by atoms with Crippen molar-refractivity contribution < 1.29 is 9.53 Å². The van der Waals surface area contributed by atoms with Gasteiger partial charge >= 0.3 is 0 Å². The Labute approximate surface area is 165 Å².